The van der Waals surface area contributed by atoms with E-state index in [1.54, 1.807) is 7.11 Å². The van der Waals surface area contributed by atoms with E-state index in [9.17, 15) is 0 Å². The van der Waals surface area contributed by atoms with Crippen molar-refractivity contribution in [1.82, 2.24) is 4.90 Å². The molecule has 102 valence electrons. The molecule has 3 heteroatoms. The second-order valence-corrected chi connectivity index (χ2v) is 5.50. The van der Waals surface area contributed by atoms with Crippen LogP contribution in [0.4, 0.5) is 0 Å². The molecule has 1 saturated carbocycles. The topological polar surface area (TPSA) is 38.5 Å². The standard InChI is InChI=1S/C14H30N2O/c1-4-13(5-2)16(10-11-17-3)12-14(15)8-6-7-9-14/h13H,4-12,15H2,1-3H3. The molecule has 0 bridgehead atoms. The average Bonchev–Trinajstić information content (AvgIpc) is 2.74. The zero-order chi connectivity index (χ0) is 12.7. The van der Waals surface area contributed by atoms with E-state index in [1.807, 2.05) is 0 Å². The summed E-state index contributed by atoms with van der Waals surface area (Å²) in [6.45, 7) is 7.41. The highest BCUT2D eigenvalue weighted by molar-refractivity contribution is 4.93. The van der Waals surface area contributed by atoms with E-state index < -0.39 is 0 Å². The van der Waals surface area contributed by atoms with Gasteiger partial charge in [0.1, 0.15) is 0 Å². The summed E-state index contributed by atoms with van der Waals surface area (Å²) in [7, 11) is 1.78. The number of nitrogens with two attached hydrogens (primary N) is 1. The number of rotatable bonds is 8. The number of methoxy groups -OCH3 is 1. The molecule has 0 aromatic heterocycles. The van der Waals surface area contributed by atoms with Crippen molar-refractivity contribution >= 4 is 0 Å². The first-order valence-electron chi connectivity index (χ1n) is 7.17. The maximum atomic E-state index is 6.50. The van der Waals surface area contributed by atoms with Crippen molar-refractivity contribution < 1.29 is 4.74 Å². The van der Waals surface area contributed by atoms with Crippen LogP contribution in [0.25, 0.3) is 0 Å². The molecule has 0 saturated heterocycles. The van der Waals surface area contributed by atoms with E-state index >= 15 is 0 Å². The SMILES string of the molecule is CCC(CC)N(CCOC)CC1(N)CCCC1. The average molecular weight is 242 g/mol. The third-order valence-electron chi connectivity index (χ3n) is 4.16. The second-order valence-electron chi connectivity index (χ2n) is 5.50. The van der Waals surface area contributed by atoms with Crippen LogP contribution in [-0.4, -0.2) is 43.3 Å². The molecule has 3 nitrogen and oxygen atoms in total. The van der Waals surface area contributed by atoms with E-state index in [0.717, 1.165) is 19.7 Å². The van der Waals surface area contributed by atoms with Crippen LogP contribution in [0.3, 0.4) is 0 Å². The first kappa shape index (κ1) is 14.9. The molecule has 0 aliphatic heterocycles. The molecule has 0 aromatic rings. The molecule has 1 aliphatic carbocycles. The molecular formula is C14H30N2O. The Morgan fingerprint density at radius 1 is 1.24 bits per heavy atom. The van der Waals surface area contributed by atoms with Crippen molar-refractivity contribution in [1.29, 1.82) is 0 Å². The molecule has 2 N–H and O–H groups in total. The Bertz CT molecular complexity index is 198. The van der Waals surface area contributed by atoms with E-state index in [0.29, 0.717) is 6.04 Å². The van der Waals surface area contributed by atoms with Crippen molar-refractivity contribution in [3.63, 3.8) is 0 Å². The molecule has 0 spiro atoms. The fourth-order valence-electron chi connectivity index (χ4n) is 3.05. The Hall–Kier alpha value is -0.120. The Morgan fingerprint density at radius 2 is 1.82 bits per heavy atom. The molecular weight excluding hydrogens is 212 g/mol. The van der Waals surface area contributed by atoms with Crippen LogP contribution in [-0.2, 0) is 4.74 Å². The van der Waals surface area contributed by atoms with Crippen LogP contribution in [0.2, 0.25) is 0 Å². The monoisotopic (exact) mass is 242 g/mol. The molecule has 0 unspecified atom stereocenters. The van der Waals surface area contributed by atoms with Crippen molar-refractivity contribution in [3.8, 4) is 0 Å². The molecule has 1 aliphatic rings. The smallest absolute Gasteiger partial charge is 0.0589 e. The lowest BCUT2D eigenvalue weighted by Crippen LogP contribution is -2.51. The highest BCUT2D eigenvalue weighted by Crippen LogP contribution is 2.29. The van der Waals surface area contributed by atoms with Gasteiger partial charge in [-0.25, -0.2) is 0 Å². The molecule has 1 fully saturated rings. The Morgan fingerprint density at radius 3 is 2.29 bits per heavy atom. The zero-order valence-corrected chi connectivity index (χ0v) is 11.9. The molecule has 1 rings (SSSR count). The lowest BCUT2D eigenvalue weighted by Gasteiger charge is -2.37. The van der Waals surface area contributed by atoms with Crippen molar-refractivity contribution in [3.05, 3.63) is 0 Å². The van der Waals surface area contributed by atoms with Crippen molar-refractivity contribution in [2.45, 2.75) is 64.0 Å². The number of hydrogen-bond donors (Lipinski definition) is 1. The van der Waals surface area contributed by atoms with E-state index in [2.05, 4.69) is 18.7 Å². The quantitative estimate of drug-likeness (QED) is 0.710. The fraction of sp³-hybridized carbons (Fsp3) is 1.00. The largest absolute Gasteiger partial charge is 0.383 e. The van der Waals surface area contributed by atoms with Crippen LogP contribution in [0, 0.1) is 0 Å². The first-order valence-corrected chi connectivity index (χ1v) is 7.17. The van der Waals surface area contributed by atoms with Crippen LogP contribution < -0.4 is 5.73 Å². The predicted octanol–water partition coefficient (Wildman–Crippen LogP) is 2.39. The Kier molecular flexibility index (Phi) is 6.45. The minimum Gasteiger partial charge on any atom is -0.383 e. The number of nitrogens with zero attached hydrogens (tertiary/aromatic N) is 1. The van der Waals surface area contributed by atoms with E-state index in [4.69, 9.17) is 10.5 Å². The van der Waals surface area contributed by atoms with Gasteiger partial charge in [-0.2, -0.15) is 0 Å². The van der Waals surface area contributed by atoms with Gasteiger partial charge in [0.2, 0.25) is 0 Å². The number of hydrogen-bond acceptors (Lipinski definition) is 3. The van der Waals surface area contributed by atoms with Gasteiger partial charge >= 0.3 is 0 Å². The maximum absolute atomic E-state index is 6.50. The van der Waals surface area contributed by atoms with Gasteiger partial charge in [0, 0.05) is 31.8 Å². The lowest BCUT2D eigenvalue weighted by atomic mass is 9.96. The second kappa shape index (κ2) is 7.34. The van der Waals surface area contributed by atoms with Crippen LogP contribution in [0.15, 0.2) is 0 Å². The van der Waals surface area contributed by atoms with Crippen molar-refractivity contribution in [2.24, 2.45) is 5.73 Å². The summed E-state index contributed by atoms with van der Waals surface area (Å²) in [4.78, 5) is 2.55. The van der Waals surface area contributed by atoms with Crippen molar-refractivity contribution in [2.75, 3.05) is 26.8 Å². The third kappa shape index (κ3) is 4.57. The molecule has 0 radical (unpaired) electrons. The summed E-state index contributed by atoms with van der Waals surface area (Å²) in [6, 6.07) is 0.658. The maximum Gasteiger partial charge on any atom is 0.0589 e. The van der Waals surface area contributed by atoms with Crippen LogP contribution in [0.1, 0.15) is 52.4 Å². The summed E-state index contributed by atoms with van der Waals surface area (Å²) in [6.07, 6.45) is 7.40. The zero-order valence-electron chi connectivity index (χ0n) is 11.9. The minimum atomic E-state index is 0.0658. The van der Waals surface area contributed by atoms with Crippen LogP contribution in [0.5, 0.6) is 0 Å². The Labute approximate surface area is 107 Å². The first-order chi connectivity index (χ1) is 8.15. The normalized spacial score (nSPS) is 19.4. The molecule has 17 heavy (non-hydrogen) atoms. The van der Waals surface area contributed by atoms with Gasteiger partial charge in [-0.05, 0) is 25.7 Å². The fourth-order valence-corrected chi connectivity index (χ4v) is 3.05. The summed E-state index contributed by atoms with van der Waals surface area (Å²) in [5.74, 6) is 0. The van der Waals surface area contributed by atoms with Gasteiger partial charge in [-0.15, -0.1) is 0 Å². The number of ether oxygens (including phenoxy) is 1. The van der Waals surface area contributed by atoms with Gasteiger partial charge in [0.05, 0.1) is 6.61 Å². The van der Waals surface area contributed by atoms with Gasteiger partial charge in [-0.3, -0.25) is 4.90 Å². The van der Waals surface area contributed by atoms with Gasteiger partial charge < -0.3 is 10.5 Å². The summed E-state index contributed by atoms with van der Waals surface area (Å²) in [5.41, 5.74) is 6.56. The van der Waals surface area contributed by atoms with Gasteiger partial charge in [0.25, 0.3) is 0 Å². The lowest BCUT2D eigenvalue weighted by molar-refractivity contribution is 0.0950. The molecule has 0 aromatic carbocycles. The van der Waals surface area contributed by atoms with Gasteiger partial charge in [0.15, 0.2) is 0 Å². The Balaban J connectivity index is 2.55. The molecule has 0 heterocycles. The summed E-state index contributed by atoms with van der Waals surface area (Å²) >= 11 is 0. The summed E-state index contributed by atoms with van der Waals surface area (Å²) < 4.78 is 5.23. The third-order valence-corrected chi connectivity index (χ3v) is 4.16. The van der Waals surface area contributed by atoms with E-state index in [-0.39, 0.29) is 5.54 Å². The molecule has 0 atom stereocenters. The van der Waals surface area contributed by atoms with Gasteiger partial charge in [-0.1, -0.05) is 26.7 Å². The summed E-state index contributed by atoms with van der Waals surface area (Å²) in [5, 5.41) is 0. The predicted molar refractivity (Wildman–Crippen MR) is 73.2 cm³/mol. The highest BCUT2D eigenvalue weighted by Gasteiger charge is 2.32. The highest BCUT2D eigenvalue weighted by atomic mass is 16.5. The van der Waals surface area contributed by atoms with E-state index in [1.165, 1.54) is 38.5 Å². The molecule has 0 amide bonds. The minimum absolute atomic E-state index is 0.0658. The van der Waals surface area contributed by atoms with Crippen LogP contribution >= 0.6 is 0 Å².